The van der Waals surface area contributed by atoms with Crippen molar-refractivity contribution >= 4 is 23.2 Å². The molecule has 1 amide bonds. The number of piperidine rings is 1. The monoisotopic (exact) mass is 348 g/mol. The van der Waals surface area contributed by atoms with E-state index in [1.807, 2.05) is 4.90 Å². The van der Waals surface area contributed by atoms with Crippen molar-refractivity contribution < 1.29 is 18.0 Å². The van der Waals surface area contributed by atoms with E-state index in [2.05, 4.69) is 12.2 Å². The highest BCUT2D eigenvalue weighted by molar-refractivity contribution is 6.33. The predicted molar refractivity (Wildman–Crippen MR) is 84.5 cm³/mol. The molecule has 128 valence electrons. The van der Waals surface area contributed by atoms with Crippen LogP contribution in [0.3, 0.4) is 0 Å². The van der Waals surface area contributed by atoms with E-state index in [0.29, 0.717) is 5.92 Å². The molecule has 0 radical (unpaired) electrons. The van der Waals surface area contributed by atoms with Crippen LogP contribution in [0.1, 0.15) is 31.7 Å². The summed E-state index contributed by atoms with van der Waals surface area (Å²) in [5.74, 6) is 0.519. The van der Waals surface area contributed by atoms with Crippen molar-refractivity contribution in [2.75, 3.05) is 25.0 Å². The molecule has 1 aliphatic heterocycles. The van der Waals surface area contributed by atoms with E-state index in [0.717, 1.165) is 38.1 Å². The SMILES string of the molecule is CC1CCCN(C(=O)CCNc2cc(C(F)(F)F)ccc2Cl)C1. The molecule has 1 fully saturated rings. The summed E-state index contributed by atoms with van der Waals surface area (Å²) in [6.45, 7) is 3.88. The Hall–Kier alpha value is -1.43. The van der Waals surface area contributed by atoms with Crippen LogP contribution in [0.5, 0.6) is 0 Å². The van der Waals surface area contributed by atoms with Gasteiger partial charge in [0.25, 0.3) is 0 Å². The molecule has 3 nitrogen and oxygen atoms in total. The van der Waals surface area contributed by atoms with Gasteiger partial charge >= 0.3 is 6.18 Å². The lowest BCUT2D eigenvalue weighted by Gasteiger charge is -2.31. The lowest BCUT2D eigenvalue weighted by molar-refractivity contribution is -0.137. The smallest absolute Gasteiger partial charge is 0.383 e. The summed E-state index contributed by atoms with van der Waals surface area (Å²) in [4.78, 5) is 13.9. The van der Waals surface area contributed by atoms with E-state index in [1.165, 1.54) is 6.07 Å². The summed E-state index contributed by atoms with van der Waals surface area (Å²) < 4.78 is 38.1. The molecule has 0 bridgehead atoms. The van der Waals surface area contributed by atoms with Gasteiger partial charge in [0.15, 0.2) is 0 Å². The Kier molecular flexibility index (Phi) is 5.79. The van der Waals surface area contributed by atoms with E-state index in [-0.39, 0.29) is 29.6 Å². The van der Waals surface area contributed by atoms with Crippen molar-refractivity contribution in [2.45, 2.75) is 32.4 Å². The molecule has 1 atom stereocenters. The minimum absolute atomic E-state index is 0.0205. The molecule has 7 heteroatoms. The predicted octanol–water partition coefficient (Wildman–Crippen LogP) is 4.42. The standard InChI is InChI=1S/C16H20ClF3N2O/c1-11-3-2-8-22(10-11)15(23)6-7-21-14-9-12(16(18,19)20)4-5-13(14)17/h4-5,9,11,21H,2-3,6-8,10H2,1H3. The number of anilines is 1. The van der Waals surface area contributed by atoms with Gasteiger partial charge in [-0.3, -0.25) is 4.79 Å². The third kappa shape index (κ3) is 5.03. The molecule has 1 N–H and O–H groups in total. The Morgan fingerprint density at radius 3 is 2.83 bits per heavy atom. The molecule has 1 aromatic rings. The highest BCUT2D eigenvalue weighted by atomic mass is 35.5. The van der Waals surface area contributed by atoms with Crippen molar-refractivity contribution in [3.05, 3.63) is 28.8 Å². The first-order valence-electron chi connectivity index (χ1n) is 7.66. The minimum atomic E-state index is -4.42. The summed E-state index contributed by atoms with van der Waals surface area (Å²) in [7, 11) is 0. The zero-order valence-corrected chi connectivity index (χ0v) is 13.7. The van der Waals surface area contributed by atoms with E-state index in [9.17, 15) is 18.0 Å². The number of halogens is 4. The average Bonchev–Trinajstić information content (AvgIpc) is 2.47. The van der Waals surface area contributed by atoms with Crippen molar-refractivity contribution in [3.8, 4) is 0 Å². The first-order chi connectivity index (χ1) is 10.8. The molecule has 1 unspecified atom stereocenters. The van der Waals surface area contributed by atoms with Crippen LogP contribution >= 0.6 is 11.6 Å². The Morgan fingerprint density at radius 1 is 1.43 bits per heavy atom. The van der Waals surface area contributed by atoms with Gasteiger partial charge in [-0.05, 0) is 37.0 Å². The maximum absolute atomic E-state index is 12.7. The number of hydrogen-bond donors (Lipinski definition) is 1. The minimum Gasteiger partial charge on any atom is -0.383 e. The van der Waals surface area contributed by atoms with Crippen molar-refractivity contribution in [2.24, 2.45) is 5.92 Å². The highest BCUT2D eigenvalue weighted by Crippen LogP contribution is 2.33. The molecule has 0 saturated carbocycles. The molecule has 2 rings (SSSR count). The van der Waals surface area contributed by atoms with Crippen LogP contribution in [0.2, 0.25) is 5.02 Å². The summed E-state index contributed by atoms with van der Waals surface area (Å²) in [5.41, 5.74) is -0.568. The fourth-order valence-electron chi connectivity index (χ4n) is 2.72. The molecule has 1 aliphatic rings. The van der Waals surface area contributed by atoms with E-state index in [4.69, 9.17) is 11.6 Å². The molecule has 1 aromatic carbocycles. The van der Waals surface area contributed by atoms with Gasteiger partial charge in [0.05, 0.1) is 16.3 Å². The lowest BCUT2D eigenvalue weighted by atomic mass is 10.00. The Labute approximate surface area is 138 Å². The number of carbonyl (C=O) groups is 1. The third-order valence-electron chi connectivity index (χ3n) is 3.96. The van der Waals surface area contributed by atoms with Crippen LogP contribution in [0.25, 0.3) is 0 Å². The van der Waals surface area contributed by atoms with Crippen LogP contribution in [-0.2, 0) is 11.0 Å². The molecular formula is C16H20ClF3N2O. The van der Waals surface area contributed by atoms with Gasteiger partial charge in [-0.15, -0.1) is 0 Å². The topological polar surface area (TPSA) is 32.3 Å². The van der Waals surface area contributed by atoms with Gasteiger partial charge in [-0.25, -0.2) is 0 Å². The van der Waals surface area contributed by atoms with Crippen LogP contribution in [0, 0.1) is 5.92 Å². The van der Waals surface area contributed by atoms with E-state index < -0.39 is 11.7 Å². The van der Waals surface area contributed by atoms with Crippen molar-refractivity contribution in [1.82, 2.24) is 4.90 Å². The number of alkyl halides is 3. The second-order valence-corrected chi connectivity index (χ2v) is 6.36. The van der Waals surface area contributed by atoms with E-state index in [1.54, 1.807) is 0 Å². The molecule has 0 aliphatic carbocycles. The van der Waals surface area contributed by atoms with E-state index >= 15 is 0 Å². The van der Waals surface area contributed by atoms with Crippen LogP contribution in [0.15, 0.2) is 18.2 Å². The average molecular weight is 349 g/mol. The number of likely N-dealkylation sites (tertiary alicyclic amines) is 1. The normalized spacial score (nSPS) is 18.8. The second-order valence-electron chi connectivity index (χ2n) is 5.96. The number of nitrogens with one attached hydrogen (secondary N) is 1. The first-order valence-corrected chi connectivity index (χ1v) is 8.03. The Morgan fingerprint density at radius 2 is 2.17 bits per heavy atom. The highest BCUT2D eigenvalue weighted by Gasteiger charge is 2.31. The quantitative estimate of drug-likeness (QED) is 0.873. The largest absolute Gasteiger partial charge is 0.416 e. The molecule has 0 spiro atoms. The summed E-state index contributed by atoms with van der Waals surface area (Å²) >= 11 is 5.90. The number of nitrogens with zero attached hydrogens (tertiary/aromatic N) is 1. The van der Waals surface area contributed by atoms with Gasteiger partial charge < -0.3 is 10.2 Å². The molecule has 1 saturated heterocycles. The fraction of sp³-hybridized carbons (Fsp3) is 0.562. The molecule has 23 heavy (non-hydrogen) atoms. The number of hydrogen-bond acceptors (Lipinski definition) is 2. The maximum atomic E-state index is 12.7. The van der Waals surface area contributed by atoms with Crippen LogP contribution in [0.4, 0.5) is 18.9 Å². The summed E-state index contributed by atoms with van der Waals surface area (Å²) in [5, 5.41) is 3.03. The van der Waals surface area contributed by atoms with Crippen molar-refractivity contribution in [3.63, 3.8) is 0 Å². The Bertz CT molecular complexity index is 563. The van der Waals surface area contributed by atoms with Gasteiger partial charge in [-0.1, -0.05) is 18.5 Å². The maximum Gasteiger partial charge on any atom is 0.416 e. The summed E-state index contributed by atoms with van der Waals surface area (Å²) in [6, 6.07) is 3.12. The van der Waals surface area contributed by atoms with Gasteiger partial charge in [0, 0.05) is 26.1 Å². The second kappa shape index (κ2) is 7.43. The molecule has 0 aromatic heterocycles. The lowest BCUT2D eigenvalue weighted by Crippen LogP contribution is -2.39. The van der Waals surface area contributed by atoms with Gasteiger partial charge in [0.2, 0.25) is 5.91 Å². The number of carbonyl (C=O) groups excluding carboxylic acids is 1. The number of rotatable bonds is 4. The van der Waals surface area contributed by atoms with Crippen LogP contribution < -0.4 is 5.32 Å². The van der Waals surface area contributed by atoms with Gasteiger partial charge in [-0.2, -0.15) is 13.2 Å². The zero-order chi connectivity index (χ0) is 17.0. The third-order valence-corrected chi connectivity index (χ3v) is 4.29. The summed E-state index contributed by atoms with van der Waals surface area (Å²) in [6.07, 6.45) is -2.05. The number of benzene rings is 1. The molecule has 1 heterocycles. The van der Waals surface area contributed by atoms with Crippen molar-refractivity contribution in [1.29, 1.82) is 0 Å². The zero-order valence-electron chi connectivity index (χ0n) is 12.9. The Balaban J connectivity index is 1.89. The number of amides is 1. The fourth-order valence-corrected chi connectivity index (χ4v) is 2.90. The van der Waals surface area contributed by atoms with Crippen LogP contribution in [-0.4, -0.2) is 30.4 Å². The van der Waals surface area contributed by atoms with Gasteiger partial charge in [0.1, 0.15) is 0 Å². The molecular weight excluding hydrogens is 329 g/mol. The first kappa shape index (κ1) is 17.9.